The number of hydrogen-bond donors (Lipinski definition) is 1. The van der Waals surface area contributed by atoms with Crippen molar-refractivity contribution in [2.45, 2.75) is 64.3 Å². The largest absolute Gasteiger partial charge is 0.439 e. The fraction of sp³-hybridized carbons (Fsp3) is 0.611. The highest BCUT2D eigenvalue weighted by molar-refractivity contribution is 5.74. The lowest BCUT2D eigenvalue weighted by molar-refractivity contribution is 0.209. The highest BCUT2D eigenvalue weighted by Crippen LogP contribution is 2.38. The molecule has 1 aliphatic carbocycles. The summed E-state index contributed by atoms with van der Waals surface area (Å²) in [6, 6.07) is 6.29. The van der Waals surface area contributed by atoms with Gasteiger partial charge in [-0.25, -0.2) is 4.98 Å². The first-order valence-electron chi connectivity index (χ1n) is 7.98. The Morgan fingerprint density at radius 2 is 1.90 bits per heavy atom. The SMILES string of the molecule is CC1CCC(N)(c2nc3cc(C(C)(C)C)ccc3o2)CC1. The van der Waals surface area contributed by atoms with Gasteiger partial charge in [-0.05, 0) is 54.7 Å². The van der Waals surface area contributed by atoms with Gasteiger partial charge in [0.25, 0.3) is 0 Å². The summed E-state index contributed by atoms with van der Waals surface area (Å²) in [5, 5.41) is 0. The molecule has 3 nitrogen and oxygen atoms in total. The van der Waals surface area contributed by atoms with Gasteiger partial charge in [-0.1, -0.05) is 33.8 Å². The third-order valence-electron chi connectivity index (χ3n) is 4.85. The van der Waals surface area contributed by atoms with Crippen LogP contribution in [0, 0.1) is 5.92 Å². The van der Waals surface area contributed by atoms with E-state index in [1.807, 2.05) is 6.07 Å². The van der Waals surface area contributed by atoms with Crippen LogP contribution in [0.15, 0.2) is 22.6 Å². The molecule has 1 aromatic heterocycles. The highest BCUT2D eigenvalue weighted by atomic mass is 16.4. The van der Waals surface area contributed by atoms with Gasteiger partial charge < -0.3 is 10.2 Å². The number of nitrogens with zero attached hydrogens (tertiary/aromatic N) is 1. The topological polar surface area (TPSA) is 52.0 Å². The molecule has 0 unspecified atom stereocenters. The second-order valence-corrected chi connectivity index (χ2v) is 7.79. The molecule has 1 aliphatic rings. The van der Waals surface area contributed by atoms with Crippen molar-refractivity contribution in [1.82, 2.24) is 4.98 Å². The van der Waals surface area contributed by atoms with Gasteiger partial charge in [0.2, 0.25) is 5.89 Å². The van der Waals surface area contributed by atoms with Gasteiger partial charge in [0, 0.05) is 0 Å². The van der Waals surface area contributed by atoms with Crippen LogP contribution >= 0.6 is 0 Å². The molecular weight excluding hydrogens is 260 g/mol. The van der Waals surface area contributed by atoms with Crippen LogP contribution in [0.1, 0.15) is 64.8 Å². The summed E-state index contributed by atoms with van der Waals surface area (Å²) in [5.74, 6) is 1.48. The van der Waals surface area contributed by atoms with E-state index in [1.165, 1.54) is 5.56 Å². The summed E-state index contributed by atoms with van der Waals surface area (Å²) in [4.78, 5) is 4.72. The van der Waals surface area contributed by atoms with E-state index in [4.69, 9.17) is 15.1 Å². The Hall–Kier alpha value is -1.35. The van der Waals surface area contributed by atoms with Crippen molar-refractivity contribution in [3.05, 3.63) is 29.7 Å². The van der Waals surface area contributed by atoms with Gasteiger partial charge in [-0.3, -0.25) is 0 Å². The molecule has 0 saturated heterocycles. The van der Waals surface area contributed by atoms with E-state index < -0.39 is 0 Å². The van der Waals surface area contributed by atoms with Crippen molar-refractivity contribution in [2.24, 2.45) is 11.7 Å². The molecule has 0 bridgehead atoms. The smallest absolute Gasteiger partial charge is 0.215 e. The number of fused-ring (bicyclic) bond motifs is 1. The summed E-state index contributed by atoms with van der Waals surface area (Å²) in [5.41, 5.74) is 9.37. The molecule has 2 N–H and O–H groups in total. The average Bonchev–Trinajstić information content (AvgIpc) is 2.85. The molecule has 0 amide bonds. The Balaban J connectivity index is 1.98. The first kappa shape index (κ1) is 14.6. The number of aromatic nitrogens is 1. The maximum atomic E-state index is 6.57. The van der Waals surface area contributed by atoms with Crippen molar-refractivity contribution in [3.8, 4) is 0 Å². The Morgan fingerprint density at radius 1 is 1.24 bits per heavy atom. The molecule has 0 radical (unpaired) electrons. The predicted molar refractivity (Wildman–Crippen MR) is 86.2 cm³/mol. The monoisotopic (exact) mass is 286 g/mol. The van der Waals surface area contributed by atoms with Crippen LogP contribution in [0.25, 0.3) is 11.1 Å². The van der Waals surface area contributed by atoms with E-state index in [0.29, 0.717) is 0 Å². The third kappa shape index (κ3) is 2.71. The van der Waals surface area contributed by atoms with Crippen LogP contribution in [0.2, 0.25) is 0 Å². The van der Waals surface area contributed by atoms with E-state index in [0.717, 1.165) is 48.6 Å². The number of nitrogens with two attached hydrogens (primary N) is 1. The third-order valence-corrected chi connectivity index (χ3v) is 4.85. The molecule has 3 rings (SSSR count). The minimum Gasteiger partial charge on any atom is -0.439 e. The summed E-state index contributed by atoms with van der Waals surface area (Å²) in [7, 11) is 0. The Kier molecular flexibility index (Phi) is 3.36. The number of rotatable bonds is 1. The zero-order valence-electron chi connectivity index (χ0n) is 13.6. The average molecular weight is 286 g/mol. The van der Waals surface area contributed by atoms with Gasteiger partial charge in [0.05, 0.1) is 5.54 Å². The quantitative estimate of drug-likeness (QED) is 0.840. The van der Waals surface area contributed by atoms with Crippen molar-refractivity contribution < 1.29 is 4.42 Å². The normalized spacial score (nSPS) is 27.2. The van der Waals surface area contributed by atoms with Crippen LogP contribution in [-0.2, 0) is 11.0 Å². The van der Waals surface area contributed by atoms with E-state index in [1.54, 1.807) is 0 Å². The predicted octanol–water partition coefficient (Wildman–Crippen LogP) is 4.49. The summed E-state index contributed by atoms with van der Waals surface area (Å²) >= 11 is 0. The Bertz CT molecular complexity index is 643. The van der Waals surface area contributed by atoms with E-state index in [2.05, 4.69) is 39.8 Å². The van der Waals surface area contributed by atoms with E-state index in [9.17, 15) is 0 Å². The molecule has 3 heteroatoms. The molecule has 1 aromatic carbocycles. The van der Waals surface area contributed by atoms with Gasteiger partial charge in [-0.2, -0.15) is 0 Å². The van der Waals surface area contributed by atoms with E-state index in [-0.39, 0.29) is 11.0 Å². The lowest BCUT2D eigenvalue weighted by Crippen LogP contribution is -2.40. The molecule has 1 heterocycles. The lowest BCUT2D eigenvalue weighted by atomic mass is 9.78. The van der Waals surface area contributed by atoms with Crippen LogP contribution < -0.4 is 5.73 Å². The summed E-state index contributed by atoms with van der Waals surface area (Å²) < 4.78 is 5.98. The van der Waals surface area contributed by atoms with Crippen LogP contribution in [-0.4, -0.2) is 4.98 Å². The maximum absolute atomic E-state index is 6.57. The minimum atomic E-state index is -0.382. The van der Waals surface area contributed by atoms with Crippen molar-refractivity contribution in [2.75, 3.05) is 0 Å². The zero-order valence-corrected chi connectivity index (χ0v) is 13.6. The standard InChI is InChI=1S/C18H26N2O/c1-12-7-9-18(19,10-8-12)16-20-14-11-13(17(2,3)4)5-6-15(14)21-16/h5-6,11-12H,7-10,19H2,1-4H3. The second kappa shape index (κ2) is 4.84. The maximum Gasteiger partial charge on any atom is 0.215 e. The summed E-state index contributed by atoms with van der Waals surface area (Å²) in [6.45, 7) is 8.92. The lowest BCUT2D eigenvalue weighted by Gasteiger charge is -2.33. The van der Waals surface area contributed by atoms with Crippen LogP contribution in [0.5, 0.6) is 0 Å². The molecule has 2 aromatic rings. The second-order valence-electron chi connectivity index (χ2n) is 7.79. The Morgan fingerprint density at radius 3 is 2.52 bits per heavy atom. The fourth-order valence-electron chi connectivity index (χ4n) is 3.10. The molecule has 0 aliphatic heterocycles. The van der Waals surface area contributed by atoms with Gasteiger partial charge in [0.1, 0.15) is 5.52 Å². The van der Waals surface area contributed by atoms with Gasteiger partial charge >= 0.3 is 0 Å². The minimum absolute atomic E-state index is 0.119. The Labute approximate surface area is 126 Å². The van der Waals surface area contributed by atoms with Gasteiger partial charge in [0.15, 0.2) is 5.58 Å². The summed E-state index contributed by atoms with van der Waals surface area (Å²) in [6.07, 6.45) is 4.24. The molecule has 114 valence electrons. The molecule has 21 heavy (non-hydrogen) atoms. The van der Waals surface area contributed by atoms with Crippen LogP contribution in [0.4, 0.5) is 0 Å². The molecule has 0 atom stereocenters. The number of benzene rings is 1. The fourth-order valence-corrected chi connectivity index (χ4v) is 3.10. The van der Waals surface area contributed by atoms with Crippen LogP contribution in [0.3, 0.4) is 0 Å². The molecular formula is C18H26N2O. The molecule has 0 spiro atoms. The van der Waals surface area contributed by atoms with E-state index >= 15 is 0 Å². The molecule has 1 fully saturated rings. The zero-order chi connectivity index (χ0) is 15.3. The van der Waals surface area contributed by atoms with Crippen molar-refractivity contribution in [1.29, 1.82) is 0 Å². The molecule has 1 saturated carbocycles. The number of hydrogen-bond acceptors (Lipinski definition) is 3. The first-order chi connectivity index (χ1) is 9.78. The van der Waals surface area contributed by atoms with Crippen molar-refractivity contribution in [3.63, 3.8) is 0 Å². The first-order valence-corrected chi connectivity index (χ1v) is 7.98. The highest BCUT2D eigenvalue weighted by Gasteiger charge is 2.36. The number of oxazole rings is 1. The van der Waals surface area contributed by atoms with Crippen molar-refractivity contribution >= 4 is 11.1 Å². The van der Waals surface area contributed by atoms with Gasteiger partial charge in [-0.15, -0.1) is 0 Å².